The van der Waals surface area contributed by atoms with Crippen LogP contribution in [0, 0.1) is 5.92 Å². The van der Waals surface area contributed by atoms with Crippen LogP contribution in [0.15, 0.2) is 30.3 Å². The van der Waals surface area contributed by atoms with E-state index in [0.717, 1.165) is 5.92 Å². The first kappa shape index (κ1) is 11.0. The molecule has 2 unspecified atom stereocenters. The van der Waals surface area contributed by atoms with Crippen molar-refractivity contribution in [3.63, 3.8) is 0 Å². The van der Waals surface area contributed by atoms with E-state index in [-0.39, 0.29) is 0 Å². The van der Waals surface area contributed by atoms with Gasteiger partial charge >= 0.3 is 0 Å². The monoisotopic (exact) mass is 222 g/mol. The van der Waals surface area contributed by atoms with Gasteiger partial charge in [-0.25, -0.2) is 0 Å². The van der Waals surface area contributed by atoms with Gasteiger partial charge in [0, 0.05) is 5.38 Å². The molecule has 0 radical (unpaired) electrons. The highest BCUT2D eigenvalue weighted by Crippen LogP contribution is 2.28. The highest BCUT2D eigenvalue weighted by Gasteiger charge is 2.18. The van der Waals surface area contributed by atoms with Crippen LogP contribution in [-0.2, 0) is 6.42 Å². The number of benzene rings is 1. The minimum absolute atomic E-state index is 0.418. The van der Waals surface area contributed by atoms with Crippen molar-refractivity contribution in [2.24, 2.45) is 5.92 Å². The molecule has 0 spiro atoms. The maximum Gasteiger partial charge on any atom is 0.0338 e. The smallest absolute Gasteiger partial charge is 0.0338 e. The Morgan fingerprint density at radius 3 is 2.60 bits per heavy atom. The molecule has 0 heterocycles. The highest BCUT2D eigenvalue weighted by molar-refractivity contribution is 6.20. The van der Waals surface area contributed by atoms with Gasteiger partial charge in [-0.3, -0.25) is 0 Å². The molecule has 1 aliphatic carbocycles. The lowest BCUT2D eigenvalue weighted by atomic mass is 9.92. The van der Waals surface area contributed by atoms with Crippen LogP contribution < -0.4 is 0 Å². The largest absolute Gasteiger partial charge is 0.123 e. The van der Waals surface area contributed by atoms with Gasteiger partial charge in [0.05, 0.1) is 0 Å². The molecule has 0 nitrogen and oxygen atoms in total. The van der Waals surface area contributed by atoms with E-state index in [9.17, 15) is 0 Å². The van der Waals surface area contributed by atoms with Crippen LogP contribution >= 0.6 is 11.6 Å². The number of alkyl halides is 1. The fraction of sp³-hybridized carbons (Fsp3) is 0.571. The second-order valence-corrected chi connectivity index (χ2v) is 5.29. The van der Waals surface area contributed by atoms with Crippen molar-refractivity contribution in [2.45, 2.75) is 43.9 Å². The second kappa shape index (κ2) is 5.55. The molecular formula is C14H19Cl. The lowest BCUT2D eigenvalue weighted by Gasteiger charge is -2.15. The first-order valence-electron chi connectivity index (χ1n) is 6.02. The Hall–Kier alpha value is -0.490. The molecule has 0 aromatic heterocycles. The van der Waals surface area contributed by atoms with E-state index in [0.29, 0.717) is 5.38 Å². The summed E-state index contributed by atoms with van der Waals surface area (Å²) < 4.78 is 0. The van der Waals surface area contributed by atoms with E-state index in [4.69, 9.17) is 11.6 Å². The van der Waals surface area contributed by atoms with Crippen molar-refractivity contribution in [2.75, 3.05) is 0 Å². The molecule has 1 saturated carbocycles. The lowest BCUT2D eigenvalue weighted by Crippen LogP contribution is -2.08. The summed E-state index contributed by atoms with van der Waals surface area (Å²) in [6.45, 7) is 0. The average Bonchev–Trinajstić information content (AvgIpc) is 2.44. The lowest BCUT2D eigenvalue weighted by molar-refractivity contribution is 0.460. The van der Waals surface area contributed by atoms with E-state index in [1.165, 1.54) is 44.1 Å². The maximum atomic E-state index is 6.28. The first-order valence-corrected chi connectivity index (χ1v) is 6.46. The van der Waals surface area contributed by atoms with Gasteiger partial charge in [0.2, 0.25) is 0 Å². The fourth-order valence-electron chi connectivity index (χ4n) is 2.53. The molecule has 1 heteroatoms. The topological polar surface area (TPSA) is 0 Å². The van der Waals surface area contributed by atoms with E-state index < -0.39 is 0 Å². The molecule has 1 aromatic rings. The molecule has 0 aliphatic heterocycles. The van der Waals surface area contributed by atoms with Gasteiger partial charge in [0.25, 0.3) is 0 Å². The maximum absolute atomic E-state index is 6.28. The zero-order valence-electron chi connectivity index (χ0n) is 9.16. The molecule has 82 valence electrons. The SMILES string of the molecule is ClC1CCCCC(Cc2ccccc2)C1. The Balaban J connectivity index is 1.93. The van der Waals surface area contributed by atoms with Crippen LogP contribution in [0.4, 0.5) is 0 Å². The fourth-order valence-corrected chi connectivity index (χ4v) is 2.94. The van der Waals surface area contributed by atoms with Crippen LogP contribution in [0.1, 0.15) is 37.7 Å². The van der Waals surface area contributed by atoms with Crippen molar-refractivity contribution >= 4 is 11.6 Å². The summed E-state index contributed by atoms with van der Waals surface area (Å²) in [7, 11) is 0. The standard InChI is InChI=1S/C14H19Cl/c15-14-9-5-4-8-13(11-14)10-12-6-2-1-3-7-12/h1-3,6-7,13-14H,4-5,8-11H2. The van der Waals surface area contributed by atoms with E-state index in [1.807, 2.05) is 0 Å². The van der Waals surface area contributed by atoms with Crippen LogP contribution in [0.2, 0.25) is 0 Å². The molecule has 15 heavy (non-hydrogen) atoms. The zero-order chi connectivity index (χ0) is 10.5. The summed E-state index contributed by atoms with van der Waals surface area (Å²) in [6.07, 6.45) is 7.67. The number of rotatable bonds is 2. The minimum atomic E-state index is 0.418. The minimum Gasteiger partial charge on any atom is -0.123 e. The summed E-state index contributed by atoms with van der Waals surface area (Å²) in [5, 5.41) is 0.418. The van der Waals surface area contributed by atoms with Crippen LogP contribution in [-0.4, -0.2) is 5.38 Å². The Kier molecular flexibility index (Phi) is 4.08. The van der Waals surface area contributed by atoms with Gasteiger partial charge in [-0.05, 0) is 30.7 Å². The van der Waals surface area contributed by atoms with Crippen molar-refractivity contribution in [3.05, 3.63) is 35.9 Å². The van der Waals surface area contributed by atoms with Gasteiger partial charge < -0.3 is 0 Å². The average molecular weight is 223 g/mol. The molecule has 2 atom stereocenters. The number of hydrogen-bond donors (Lipinski definition) is 0. The van der Waals surface area contributed by atoms with Crippen molar-refractivity contribution in [3.8, 4) is 0 Å². The van der Waals surface area contributed by atoms with Crippen molar-refractivity contribution in [1.82, 2.24) is 0 Å². The molecule has 1 aliphatic rings. The Morgan fingerprint density at radius 1 is 1.07 bits per heavy atom. The third-order valence-corrected chi connectivity index (χ3v) is 3.73. The van der Waals surface area contributed by atoms with Gasteiger partial charge in [0.15, 0.2) is 0 Å². The third-order valence-electron chi connectivity index (χ3n) is 3.34. The number of halogens is 1. The molecule has 0 amide bonds. The van der Waals surface area contributed by atoms with Crippen molar-refractivity contribution < 1.29 is 0 Å². The predicted molar refractivity (Wildman–Crippen MR) is 66.4 cm³/mol. The molecule has 1 fully saturated rings. The quantitative estimate of drug-likeness (QED) is 0.514. The van der Waals surface area contributed by atoms with Crippen LogP contribution in [0.5, 0.6) is 0 Å². The Labute approximate surface area is 97.6 Å². The normalized spacial score (nSPS) is 27.3. The van der Waals surface area contributed by atoms with E-state index >= 15 is 0 Å². The molecular weight excluding hydrogens is 204 g/mol. The molecule has 2 rings (SSSR count). The summed E-state index contributed by atoms with van der Waals surface area (Å²) in [5.41, 5.74) is 1.47. The van der Waals surface area contributed by atoms with E-state index in [2.05, 4.69) is 30.3 Å². The molecule has 0 saturated heterocycles. The predicted octanol–water partition coefficient (Wildman–Crippen LogP) is 4.42. The summed E-state index contributed by atoms with van der Waals surface area (Å²) in [4.78, 5) is 0. The summed E-state index contributed by atoms with van der Waals surface area (Å²) in [6, 6.07) is 10.8. The summed E-state index contributed by atoms with van der Waals surface area (Å²) in [5.74, 6) is 0.803. The molecule has 1 aromatic carbocycles. The van der Waals surface area contributed by atoms with E-state index in [1.54, 1.807) is 0 Å². The van der Waals surface area contributed by atoms with Crippen LogP contribution in [0.3, 0.4) is 0 Å². The molecule has 0 bridgehead atoms. The first-order chi connectivity index (χ1) is 7.34. The van der Waals surface area contributed by atoms with Gasteiger partial charge in [-0.15, -0.1) is 11.6 Å². The van der Waals surface area contributed by atoms with Gasteiger partial charge in [-0.2, -0.15) is 0 Å². The zero-order valence-corrected chi connectivity index (χ0v) is 9.92. The Bertz CT molecular complexity index is 281. The molecule has 0 N–H and O–H groups in total. The summed E-state index contributed by atoms with van der Waals surface area (Å²) >= 11 is 6.28. The third kappa shape index (κ3) is 3.53. The number of hydrogen-bond acceptors (Lipinski definition) is 0. The van der Waals surface area contributed by atoms with Gasteiger partial charge in [0.1, 0.15) is 0 Å². The van der Waals surface area contributed by atoms with Crippen molar-refractivity contribution in [1.29, 1.82) is 0 Å². The Morgan fingerprint density at radius 2 is 1.80 bits per heavy atom. The second-order valence-electron chi connectivity index (χ2n) is 4.67. The van der Waals surface area contributed by atoms with Gasteiger partial charge in [-0.1, -0.05) is 49.6 Å². The van der Waals surface area contributed by atoms with Crippen LogP contribution in [0.25, 0.3) is 0 Å². The highest BCUT2D eigenvalue weighted by atomic mass is 35.5.